The van der Waals surface area contributed by atoms with Crippen LogP contribution in [-0.2, 0) is 0 Å². The van der Waals surface area contributed by atoms with Gasteiger partial charge in [0.2, 0.25) is 0 Å². The van der Waals surface area contributed by atoms with E-state index in [4.69, 9.17) is 10.5 Å². The Kier molecular flexibility index (Phi) is 1.42. The van der Waals surface area contributed by atoms with E-state index < -0.39 is 0 Å². The van der Waals surface area contributed by atoms with Crippen molar-refractivity contribution in [2.75, 3.05) is 0 Å². The molecular formula is C10H13NO. The number of para-hydroxylation sites is 1. The molecule has 12 heavy (non-hydrogen) atoms. The average molecular weight is 163 g/mol. The Bertz CT molecular complexity index is 306. The number of hydrogen-bond acceptors (Lipinski definition) is 2. The molecule has 0 fully saturated rings. The van der Waals surface area contributed by atoms with E-state index in [1.54, 1.807) is 0 Å². The van der Waals surface area contributed by atoms with Gasteiger partial charge >= 0.3 is 0 Å². The third-order valence-corrected chi connectivity index (χ3v) is 2.38. The van der Waals surface area contributed by atoms with E-state index in [9.17, 15) is 0 Å². The molecule has 2 rings (SSSR count). The average Bonchev–Trinajstić information content (AvgIpc) is 2.24. The Morgan fingerprint density at radius 2 is 2.00 bits per heavy atom. The normalized spacial score (nSPS) is 24.8. The van der Waals surface area contributed by atoms with Gasteiger partial charge < -0.3 is 10.5 Å². The molecule has 2 heteroatoms. The summed E-state index contributed by atoms with van der Waals surface area (Å²) < 4.78 is 5.68. The summed E-state index contributed by atoms with van der Waals surface area (Å²) in [5, 5.41) is 0. The zero-order valence-electron chi connectivity index (χ0n) is 7.37. The van der Waals surface area contributed by atoms with E-state index >= 15 is 0 Å². The molecule has 1 aromatic rings. The van der Waals surface area contributed by atoms with E-state index in [1.165, 1.54) is 0 Å². The van der Waals surface area contributed by atoms with Crippen molar-refractivity contribution in [1.82, 2.24) is 0 Å². The Hall–Kier alpha value is -1.02. The van der Waals surface area contributed by atoms with Crippen molar-refractivity contribution in [3.8, 4) is 5.75 Å². The molecule has 1 aromatic carbocycles. The lowest BCUT2D eigenvalue weighted by Crippen LogP contribution is -2.35. The number of ether oxygens (including phenoxy) is 1. The van der Waals surface area contributed by atoms with Crippen molar-refractivity contribution < 1.29 is 4.74 Å². The minimum absolute atomic E-state index is 0.00583. The molecule has 0 bridgehead atoms. The van der Waals surface area contributed by atoms with Gasteiger partial charge in [0.05, 0.1) is 6.04 Å². The highest BCUT2D eigenvalue weighted by Gasteiger charge is 2.37. The van der Waals surface area contributed by atoms with Crippen LogP contribution in [0.2, 0.25) is 0 Å². The Morgan fingerprint density at radius 3 is 2.67 bits per heavy atom. The molecule has 1 atom stereocenters. The minimum Gasteiger partial charge on any atom is -0.486 e. The van der Waals surface area contributed by atoms with Gasteiger partial charge in [-0.3, -0.25) is 0 Å². The summed E-state index contributed by atoms with van der Waals surface area (Å²) in [7, 11) is 0. The van der Waals surface area contributed by atoms with Gasteiger partial charge in [-0.15, -0.1) is 0 Å². The first-order valence-electron chi connectivity index (χ1n) is 4.15. The van der Waals surface area contributed by atoms with E-state index in [2.05, 4.69) is 0 Å². The fourth-order valence-corrected chi connectivity index (χ4v) is 1.55. The Morgan fingerprint density at radius 1 is 1.33 bits per heavy atom. The zero-order chi connectivity index (χ0) is 8.77. The van der Waals surface area contributed by atoms with Crippen LogP contribution < -0.4 is 10.5 Å². The van der Waals surface area contributed by atoms with Crippen LogP contribution in [0.4, 0.5) is 0 Å². The predicted octanol–water partition coefficient (Wildman–Crippen LogP) is 1.86. The molecular weight excluding hydrogens is 150 g/mol. The highest BCUT2D eigenvalue weighted by atomic mass is 16.5. The summed E-state index contributed by atoms with van der Waals surface area (Å²) in [6.45, 7) is 4.02. The fourth-order valence-electron chi connectivity index (χ4n) is 1.55. The van der Waals surface area contributed by atoms with Gasteiger partial charge in [0, 0.05) is 5.56 Å². The third kappa shape index (κ3) is 0.916. The SMILES string of the molecule is CC1(C)Oc2ccccc2C1N. The first-order valence-corrected chi connectivity index (χ1v) is 4.15. The molecule has 1 heterocycles. The van der Waals surface area contributed by atoms with Gasteiger partial charge in [-0.2, -0.15) is 0 Å². The molecule has 1 aliphatic heterocycles. The van der Waals surface area contributed by atoms with Crippen LogP contribution in [0.5, 0.6) is 5.75 Å². The lowest BCUT2D eigenvalue weighted by atomic mass is 9.96. The summed E-state index contributed by atoms with van der Waals surface area (Å²) in [4.78, 5) is 0. The van der Waals surface area contributed by atoms with Crippen molar-refractivity contribution in [3.63, 3.8) is 0 Å². The van der Waals surface area contributed by atoms with E-state index in [1.807, 2.05) is 38.1 Å². The Labute approximate surface area is 72.3 Å². The van der Waals surface area contributed by atoms with Crippen LogP contribution in [0.1, 0.15) is 25.5 Å². The van der Waals surface area contributed by atoms with Gasteiger partial charge in [0.25, 0.3) is 0 Å². The van der Waals surface area contributed by atoms with E-state index in [-0.39, 0.29) is 11.6 Å². The van der Waals surface area contributed by atoms with Gasteiger partial charge in [-0.05, 0) is 19.9 Å². The van der Waals surface area contributed by atoms with Crippen molar-refractivity contribution in [3.05, 3.63) is 29.8 Å². The highest BCUT2D eigenvalue weighted by molar-refractivity contribution is 5.41. The first kappa shape index (κ1) is 7.62. The van der Waals surface area contributed by atoms with Gasteiger partial charge in [0.15, 0.2) is 0 Å². The summed E-state index contributed by atoms with van der Waals surface area (Å²) in [5.74, 6) is 0.926. The minimum atomic E-state index is -0.260. The molecule has 0 saturated heterocycles. The van der Waals surface area contributed by atoms with Gasteiger partial charge in [-0.1, -0.05) is 18.2 Å². The molecule has 0 spiro atoms. The smallest absolute Gasteiger partial charge is 0.125 e. The molecule has 0 radical (unpaired) electrons. The van der Waals surface area contributed by atoms with Crippen molar-refractivity contribution in [1.29, 1.82) is 0 Å². The maximum absolute atomic E-state index is 6.00. The highest BCUT2D eigenvalue weighted by Crippen LogP contribution is 2.40. The largest absolute Gasteiger partial charge is 0.486 e. The number of benzene rings is 1. The van der Waals surface area contributed by atoms with Crippen molar-refractivity contribution in [2.24, 2.45) is 5.73 Å². The van der Waals surface area contributed by atoms with Gasteiger partial charge in [-0.25, -0.2) is 0 Å². The summed E-state index contributed by atoms with van der Waals surface area (Å²) in [5.41, 5.74) is 6.85. The van der Waals surface area contributed by atoms with Crippen LogP contribution in [0, 0.1) is 0 Å². The molecule has 2 nitrogen and oxygen atoms in total. The van der Waals surface area contributed by atoms with Crippen LogP contribution in [-0.4, -0.2) is 5.60 Å². The second-order valence-corrected chi connectivity index (χ2v) is 3.72. The molecule has 0 amide bonds. The molecule has 1 unspecified atom stereocenters. The maximum atomic E-state index is 6.00. The lowest BCUT2D eigenvalue weighted by molar-refractivity contribution is 0.112. The van der Waals surface area contributed by atoms with Crippen LogP contribution in [0.15, 0.2) is 24.3 Å². The summed E-state index contributed by atoms with van der Waals surface area (Å²) in [6, 6.07) is 7.93. The molecule has 2 N–H and O–H groups in total. The third-order valence-electron chi connectivity index (χ3n) is 2.38. The number of hydrogen-bond donors (Lipinski definition) is 1. The van der Waals surface area contributed by atoms with E-state index in [0.29, 0.717) is 0 Å². The fraction of sp³-hybridized carbons (Fsp3) is 0.400. The second kappa shape index (κ2) is 2.23. The van der Waals surface area contributed by atoms with Crippen molar-refractivity contribution >= 4 is 0 Å². The second-order valence-electron chi connectivity index (χ2n) is 3.72. The van der Waals surface area contributed by atoms with E-state index in [0.717, 1.165) is 11.3 Å². The number of rotatable bonds is 0. The molecule has 64 valence electrons. The summed E-state index contributed by atoms with van der Waals surface area (Å²) >= 11 is 0. The summed E-state index contributed by atoms with van der Waals surface area (Å²) in [6.07, 6.45) is 0. The van der Waals surface area contributed by atoms with Crippen LogP contribution in [0.3, 0.4) is 0 Å². The quantitative estimate of drug-likeness (QED) is 0.633. The lowest BCUT2D eigenvalue weighted by Gasteiger charge is -2.22. The zero-order valence-corrected chi connectivity index (χ0v) is 7.37. The first-order chi connectivity index (χ1) is 5.61. The topological polar surface area (TPSA) is 35.2 Å². The van der Waals surface area contributed by atoms with Gasteiger partial charge in [0.1, 0.15) is 11.4 Å². The van der Waals surface area contributed by atoms with Crippen LogP contribution in [0.25, 0.3) is 0 Å². The number of nitrogens with two attached hydrogens (primary N) is 1. The number of fused-ring (bicyclic) bond motifs is 1. The molecule has 0 saturated carbocycles. The standard InChI is InChI=1S/C10H13NO/c1-10(2)9(11)7-5-3-4-6-8(7)12-10/h3-6,9H,11H2,1-2H3. The molecule has 1 aliphatic rings. The maximum Gasteiger partial charge on any atom is 0.125 e. The Balaban J connectivity index is 2.49. The van der Waals surface area contributed by atoms with Crippen molar-refractivity contribution in [2.45, 2.75) is 25.5 Å². The predicted molar refractivity (Wildman–Crippen MR) is 48.1 cm³/mol. The van der Waals surface area contributed by atoms with Crippen LogP contribution >= 0.6 is 0 Å². The molecule has 0 aromatic heterocycles. The molecule has 0 aliphatic carbocycles. The monoisotopic (exact) mass is 163 g/mol.